The topological polar surface area (TPSA) is 120 Å². The number of aromatic nitrogens is 6. The van der Waals surface area contributed by atoms with Crippen LogP contribution in [0.15, 0.2) is 70.0 Å². The monoisotopic (exact) mass is 619 g/mol. The van der Waals surface area contributed by atoms with Crippen molar-refractivity contribution in [3.63, 3.8) is 0 Å². The molecule has 0 saturated heterocycles. The number of halogens is 3. The Kier molecular flexibility index (Phi) is 7.94. The van der Waals surface area contributed by atoms with Gasteiger partial charge in [0.2, 0.25) is 11.8 Å². The van der Waals surface area contributed by atoms with Crippen molar-refractivity contribution in [2.75, 3.05) is 14.1 Å². The minimum atomic E-state index is -4.66. The molecule has 15 heteroatoms. The van der Waals surface area contributed by atoms with Gasteiger partial charge < -0.3 is 14.6 Å². The van der Waals surface area contributed by atoms with Crippen molar-refractivity contribution in [2.24, 2.45) is 7.05 Å². The van der Waals surface area contributed by atoms with Crippen LogP contribution in [-0.4, -0.2) is 54.2 Å². The summed E-state index contributed by atoms with van der Waals surface area (Å²) in [7, 11) is 5.11. The number of hydrogen-bond donors (Lipinski definition) is 1. The third-order valence-corrected chi connectivity index (χ3v) is 6.90. The van der Waals surface area contributed by atoms with Gasteiger partial charge in [0.25, 0.3) is 11.5 Å². The minimum Gasteiger partial charge on any atom is -0.421 e. The molecule has 0 aliphatic rings. The standard InChI is InChI=1S/C30H28F3N9O3/c1-29(2,28-38-37-23(45-28)17-39(4)5)36-26(43)24-25(22-14-15-35-41(22)20-12-10-19(34-3)11-13-20)40(6)42(27(24)44)21-9-7-8-18(16-21)30(31,32)33/h7-16H,17H2,1-2,4-6H3,(H,36,43). The zero-order chi connectivity index (χ0) is 32.7. The summed E-state index contributed by atoms with van der Waals surface area (Å²) in [6, 6.07) is 12.3. The molecule has 0 spiro atoms. The second kappa shape index (κ2) is 11.5. The van der Waals surface area contributed by atoms with Crippen molar-refractivity contribution in [3.8, 4) is 22.8 Å². The first kappa shape index (κ1) is 31.0. The average molecular weight is 620 g/mol. The van der Waals surface area contributed by atoms with Crippen molar-refractivity contribution in [1.82, 2.24) is 39.6 Å². The number of nitrogens with zero attached hydrogens (tertiary/aromatic N) is 8. The van der Waals surface area contributed by atoms with E-state index in [2.05, 4.69) is 25.5 Å². The molecular weight excluding hydrogens is 591 g/mol. The zero-order valence-corrected chi connectivity index (χ0v) is 24.9. The maximum Gasteiger partial charge on any atom is 0.416 e. The molecule has 1 amide bonds. The Morgan fingerprint density at radius 2 is 1.78 bits per heavy atom. The summed E-state index contributed by atoms with van der Waals surface area (Å²) >= 11 is 0. The summed E-state index contributed by atoms with van der Waals surface area (Å²) < 4.78 is 50.4. The van der Waals surface area contributed by atoms with Crippen LogP contribution in [0.3, 0.4) is 0 Å². The first-order valence-corrected chi connectivity index (χ1v) is 13.5. The van der Waals surface area contributed by atoms with E-state index < -0.39 is 28.7 Å². The zero-order valence-electron chi connectivity index (χ0n) is 24.9. The fourth-order valence-corrected chi connectivity index (χ4v) is 4.81. The van der Waals surface area contributed by atoms with E-state index in [0.29, 0.717) is 29.5 Å². The Bertz CT molecular complexity index is 1970. The number of hydrogen-bond acceptors (Lipinski definition) is 7. The van der Waals surface area contributed by atoms with E-state index in [9.17, 15) is 22.8 Å². The van der Waals surface area contributed by atoms with E-state index in [0.717, 1.165) is 16.8 Å². The second-order valence-corrected chi connectivity index (χ2v) is 11.0. The fourth-order valence-electron chi connectivity index (χ4n) is 4.81. The van der Waals surface area contributed by atoms with Crippen molar-refractivity contribution < 1.29 is 22.4 Å². The Morgan fingerprint density at radius 3 is 2.42 bits per heavy atom. The number of carbonyl (C=O) groups excluding carboxylic acids is 1. The highest BCUT2D eigenvalue weighted by Gasteiger charge is 2.35. The number of alkyl halides is 3. The molecule has 3 heterocycles. The van der Waals surface area contributed by atoms with Crippen LogP contribution in [-0.2, 0) is 25.3 Å². The van der Waals surface area contributed by atoms with Gasteiger partial charge in [0, 0.05) is 7.05 Å². The molecule has 0 atom stereocenters. The van der Waals surface area contributed by atoms with Crippen LogP contribution in [0, 0.1) is 6.57 Å². The third kappa shape index (κ3) is 6.00. The Balaban J connectivity index is 1.67. The quantitative estimate of drug-likeness (QED) is 0.250. The summed E-state index contributed by atoms with van der Waals surface area (Å²) in [6.07, 6.45) is -3.20. The lowest BCUT2D eigenvalue weighted by Gasteiger charge is -2.22. The predicted octanol–water partition coefficient (Wildman–Crippen LogP) is 4.71. The Morgan fingerprint density at radius 1 is 1.07 bits per heavy atom. The van der Waals surface area contributed by atoms with Gasteiger partial charge in [-0.3, -0.25) is 14.3 Å². The first-order valence-electron chi connectivity index (χ1n) is 13.5. The summed E-state index contributed by atoms with van der Waals surface area (Å²) in [5.74, 6) is -0.420. The number of nitrogens with one attached hydrogen (secondary N) is 1. The minimum absolute atomic E-state index is 0.0799. The van der Waals surface area contributed by atoms with Crippen LogP contribution in [0.5, 0.6) is 0 Å². The van der Waals surface area contributed by atoms with Gasteiger partial charge in [0.1, 0.15) is 16.8 Å². The molecule has 0 unspecified atom stereocenters. The number of benzene rings is 2. The molecule has 0 fully saturated rings. The lowest BCUT2D eigenvalue weighted by molar-refractivity contribution is -0.137. The number of carbonyl (C=O) groups is 1. The van der Waals surface area contributed by atoms with Gasteiger partial charge in [-0.2, -0.15) is 18.3 Å². The highest BCUT2D eigenvalue weighted by molar-refractivity contribution is 6.00. The summed E-state index contributed by atoms with van der Waals surface area (Å²) in [5, 5.41) is 15.2. The van der Waals surface area contributed by atoms with E-state index in [4.69, 9.17) is 11.0 Å². The molecular formula is C30H28F3N9O3. The van der Waals surface area contributed by atoms with Gasteiger partial charge in [-0.25, -0.2) is 14.2 Å². The van der Waals surface area contributed by atoms with E-state index in [1.54, 1.807) is 44.2 Å². The maximum atomic E-state index is 14.1. The van der Waals surface area contributed by atoms with Crippen molar-refractivity contribution >= 4 is 11.6 Å². The smallest absolute Gasteiger partial charge is 0.416 e. The normalized spacial score (nSPS) is 12.0. The van der Waals surface area contributed by atoms with Gasteiger partial charge in [-0.1, -0.05) is 18.2 Å². The van der Waals surface area contributed by atoms with Gasteiger partial charge in [-0.05, 0) is 64.3 Å². The highest BCUT2D eigenvalue weighted by atomic mass is 19.4. The molecule has 5 aromatic rings. The Labute approximate surface area is 255 Å². The van der Waals surface area contributed by atoms with E-state index in [1.807, 2.05) is 19.0 Å². The summed E-state index contributed by atoms with van der Waals surface area (Å²) in [6.45, 7) is 10.8. The summed E-state index contributed by atoms with van der Waals surface area (Å²) in [4.78, 5) is 33.3. The Hall–Kier alpha value is -5.49. The third-order valence-electron chi connectivity index (χ3n) is 6.90. The molecule has 45 heavy (non-hydrogen) atoms. The van der Waals surface area contributed by atoms with Crippen LogP contribution in [0.1, 0.15) is 41.6 Å². The number of amides is 1. The molecule has 0 bridgehead atoms. The molecule has 3 aromatic heterocycles. The van der Waals surface area contributed by atoms with Crippen molar-refractivity contribution in [1.29, 1.82) is 0 Å². The van der Waals surface area contributed by atoms with E-state index in [1.165, 1.54) is 34.7 Å². The molecule has 232 valence electrons. The van der Waals surface area contributed by atoms with Crippen LogP contribution >= 0.6 is 0 Å². The molecule has 12 nitrogen and oxygen atoms in total. The highest BCUT2D eigenvalue weighted by Crippen LogP contribution is 2.32. The molecule has 0 saturated carbocycles. The van der Waals surface area contributed by atoms with Crippen molar-refractivity contribution in [3.05, 3.63) is 105 Å². The van der Waals surface area contributed by atoms with Crippen LogP contribution in [0.25, 0.3) is 27.6 Å². The van der Waals surface area contributed by atoms with Crippen LogP contribution in [0.2, 0.25) is 0 Å². The van der Waals surface area contributed by atoms with Crippen molar-refractivity contribution in [2.45, 2.75) is 32.1 Å². The molecule has 2 aromatic carbocycles. The van der Waals surface area contributed by atoms with Gasteiger partial charge >= 0.3 is 6.18 Å². The molecule has 0 radical (unpaired) electrons. The van der Waals surface area contributed by atoms with Gasteiger partial charge in [0.05, 0.1) is 41.9 Å². The number of rotatable bonds is 8. The van der Waals surface area contributed by atoms with Gasteiger partial charge in [0.15, 0.2) is 5.69 Å². The predicted molar refractivity (Wildman–Crippen MR) is 157 cm³/mol. The first-order chi connectivity index (χ1) is 21.2. The van der Waals surface area contributed by atoms with Crippen LogP contribution < -0.4 is 10.9 Å². The van der Waals surface area contributed by atoms with E-state index >= 15 is 0 Å². The molecule has 0 aliphatic heterocycles. The molecule has 0 aliphatic carbocycles. The summed E-state index contributed by atoms with van der Waals surface area (Å²) in [5.41, 5.74) is -2.23. The molecule has 1 N–H and O–H groups in total. The fraction of sp³-hybridized carbons (Fsp3) is 0.267. The molecule has 5 rings (SSSR count). The second-order valence-electron chi connectivity index (χ2n) is 11.0. The maximum absolute atomic E-state index is 14.1. The largest absolute Gasteiger partial charge is 0.421 e. The average Bonchev–Trinajstić information content (AvgIpc) is 3.70. The van der Waals surface area contributed by atoms with E-state index in [-0.39, 0.29) is 22.8 Å². The van der Waals surface area contributed by atoms with Crippen LogP contribution in [0.4, 0.5) is 18.9 Å². The lowest BCUT2D eigenvalue weighted by atomic mass is 10.0. The van der Waals surface area contributed by atoms with Gasteiger partial charge in [-0.15, -0.1) is 10.2 Å². The SMILES string of the molecule is [C-]#[N+]c1ccc(-n2nccc2-c2c(C(=O)NC(C)(C)c3nnc(CN(C)C)o3)c(=O)n(-c3cccc(C(F)(F)F)c3)n2C)cc1. The lowest BCUT2D eigenvalue weighted by Crippen LogP contribution is -2.43.